The number of rotatable bonds is 1. The SMILES string of the molecule is CCC12CCCCC1C(=O)OC2=O. The van der Waals surface area contributed by atoms with E-state index in [2.05, 4.69) is 0 Å². The van der Waals surface area contributed by atoms with Crippen molar-refractivity contribution in [3.05, 3.63) is 0 Å². The van der Waals surface area contributed by atoms with Crippen LogP contribution in [0.2, 0.25) is 0 Å². The number of esters is 2. The van der Waals surface area contributed by atoms with Gasteiger partial charge in [0.2, 0.25) is 0 Å². The summed E-state index contributed by atoms with van der Waals surface area (Å²) in [5.74, 6) is -0.699. The van der Waals surface area contributed by atoms with Crippen LogP contribution < -0.4 is 0 Å². The summed E-state index contributed by atoms with van der Waals surface area (Å²) in [6.07, 6.45) is 4.50. The van der Waals surface area contributed by atoms with E-state index in [1.165, 1.54) is 0 Å². The molecule has 0 N–H and O–H groups in total. The normalized spacial score (nSPS) is 38.7. The number of carbonyl (C=O) groups is 2. The molecule has 0 aromatic rings. The minimum atomic E-state index is -0.449. The van der Waals surface area contributed by atoms with Gasteiger partial charge in [-0.15, -0.1) is 0 Å². The van der Waals surface area contributed by atoms with Crippen molar-refractivity contribution >= 4 is 11.9 Å². The number of carbonyl (C=O) groups excluding carboxylic acids is 2. The van der Waals surface area contributed by atoms with E-state index in [4.69, 9.17) is 4.74 Å². The van der Waals surface area contributed by atoms with Gasteiger partial charge in [0.25, 0.3) is 0 Å². The smallest absolute Gasteiger partial charge is 0.320 e. The molecule has 0 radical (unpaired) electrons. The lowest BCUT2D eigenvalue weighted by molar-refractivity contribution is -0.155. The summed E-state index contributed by atoms with van der Waals surface area (Å²) in [4.78, 5) is 22.9. The van der Waals surface area contributed by atoms with Gasteiger partial charge in [0.05, 0.1) is 11.3 Å². The van der Waals surface area contributed by atoms with E-state index in [0.29, 0.717) is 0 Å². The number of fused-ring (bicyclic) bond motifs is 1. The summed E-state index contributed by atoms with van der Waals surface area (Å²) in [6.45, 7) is 1.97. The third-order valence-electron chi connectivity index (χ3n) is 3.55. The molecular weight excluding hydrogens is 168 g/mol. The molecule has 2 fully saturated rings. The highest BCUT2D eigenvalue weighted by Crippen LogP contribution is 2.49. The first-order chi connectivity index (χ1) is 6.20. The molecule has 0 spiro atoms. The fraction of sp³-hybridized carbons (Fsp3) is 0.800. The first-order valence-electron chi connectivity index (χ1n) is 4.97. The molecule has 3 heteroatoms. The summed E-state index contributed by atoms with van der Waals surface area (Å²) < 4.78 is 4.72. The molecule has 2 atom stereocenters. The van der Waals surface area contributed by atoms with Gasteiger partial charge >= 0.3 is 11.9 Å². The molecule has 1 saturated heterocycles. The van der Waals surface area contributed by atoms with Crippen LogP contribution in [0.3, 0.4) is 0 Å². The third kappa shape index (κ3) is 1.02. The van der Waals surface area contributed by atoms with E-state index >= 15 is 0 Å². The maximum absolute atomic E-state index is 11.5. The zero-order chi connectivity index (χ0) is 9.47. The van der Waals surface area contributed by atoms with Gasteiger partial charge in [-0.2, -0.15) is 0 Å². The Kier molecular flexibility index (Phi) is 1.90. The highest BCUT2D eigenvalue weighted by Gasteiger charge is 2.56. The molecule has 0 amide bonds. The molecule has 1 saturated carbocycles. The Bertz CT molecular complexity index is 259. The Hall–Kier alpha value is -0.860. The van der Waals surface area contributed by atoms with Crippen molar-refractivity contribution in [2.75, 3.05) is 0 Å². The van der Waals surface area contributed by atoms with Crippen LogP contribution in [-0.4, -0.2) is 11.9 Å². The van der Waals surface area contributed by atoms with Crippen molar-refractivity contribution in [2.24, 2.45) is 11.3 Å². The van der Waals surface area contributed by atoms with E-state index < -0.39 is 5.41 Å². The van der Waals surface area contributed by atoms with Crippen molar-refractivity contribution in [2.45, 2.75) is 39.0 Å². The highest BCUT2D eigenvalue weighted by atomic mass is 16.6. The van der Waals surface area contributed by atoms with Crippen LogP contribution in [0.5, 0.6) is 0 Å². The van der Waals surface area contributed by atoms with Gasteiger partial charge in [-0.3, -0.25) is 9.59 Å². The minimum absolute atomic E-state index is 0.140. The van der Waals surface area contributed by atoms with Crippen LogP contribution in [0.15, 0.2) is 0 Å². The second kappa shape index (κ2) is 2.82. The van der Waals surface area contributed by atoms with E-state index in [9.17, 15) is 9.59 Å². The van der Waals surface area contributed by atoms with Crippen LogP contribution in [0.4, 0.5) is 0 Å². The van der Waals surface area contributed by atoms with Crippen LogP contribution in [0.1, 0.15) is 39.0 Å². The zero-order valence-electron chi connectivity index (χ0n) is 7.84. The van der Waals surface area contributed by atoms with Crippen molar-refractivity contribution in [1.29, 1.82) is 0 Å². The second-order valence-electron chi connectivity index (χ2n) is 4.02. The maximum atomic E-state index is 11.5. The van der Waals surface area contributed by atoms with Crippen molar-refractivity contribution < 1.29 is 14.3 Å². The molecule has 1 aliphatic heterocycles. The molecule has 72 valence electrons. The topological polar surface area (TPSA) is 43.4 Å². The van der Waals surface area contributed by atoms with E-state index in [1.54, 1.807) is 0 Å². The first kappa shape index (κ1) is 8.73. The summed E-state index contributed by atoms with van der Waals surface area (Å²) in [5, 5.41) is 0. The molecule has 1 aliphatic carbocycles. The molecule has 2 unspecified atom stereocenters. The Morgan fingerprint density at radius 1 is 1.46 bits per heavy atom. The quantitative estimate of drug-likeness (QED) is 0.457. The maximum Gasteiger partial charge on any atom is 0.320 e. The van der Waals surface area contributed by atoms with E-state index in [-0.39, 0.29) is 17.9 Å². The number of hydrogen-bond acceptors (Lipinski definition) is 3. The lowest BCUT2D eigenvalue weighted by Crippen LogP contribution is -2.36. The molecule has 1 heterocycles. The molecule has 2 rings (SSSR count). The fourth-order valence-electron chi connectivity index (χ4n) is 2.66. The van der Waals surface area contributed by atoms with Crippen LogP contribution in [0.25, 0.3) is 0 Å². The summed E-state index contributed by atoms with van der Waals surface area (Å²) in [6, 6.07) is 0. The van der Waals surface area contributed by atoms with Gasteiger partial charge in [0, 0.05) is 0 Å². The molecule has 2 aliphatic rings. The Morgan fingerprint density at radius 2 is 2.23 bits per heavy atom. The van der Waals surface area contributed by atoms with Gasteiger partial charge in [-0.05, 0) is 19.3 Å². The van der Waals surface area contributed by atoms with Gasteiger partial charge < -0.3 is 4.74 Å². The molecular formula is C10H14O3. The number of hydrogen-bond donors (Lipinski definition) is 0. The van der Waals surface area contributed by atoms with Gasteiger partial charge in [0.15, 0.2) is 0 Å². The third-order valence-corrected chi connectivity index (χ3v) is 3.55. The molecule has 13 heavy (non-hydrogen) atoms. The fourth-order valence-corrected chi connectivity index (χ4v) is 2.66. The molecule has 0 bridgehead atoms. The number of cyclic esters (lactones) is 2. The minimum Gasteiger partial charge on any atom is -0.392 e. The van der Waals surface area contributed by atoms with Gasteiger partial charge in [0.1, 0.15) is 0 Å². The molecule has 0 aromatic carbocycles. The highest BCUT2D eigenvalue weighted by molar-refractivity contribution is 5.99. The lowest BCUT2D eigenvalue weighted by Gasteiger charge is -2.32. The van der Waals surface area contributed by atoms with Crippen LogP contribution in [0, 0.1) is 11.3 Å². The lowest BCUT2D eigenvalue weighted by atomic mass is 9.66. The molecule has 3 nitrogen and oxygen atoms in total. The Labute approximate surface area is 77.4 Å². The predicted octanol–water partition coefficient (Wildman–Crippen LogP) is 1.66. The zero-order valence-corrected chi connectivity index (χ0v) is 7.84. The summed E-state index contributed by atoms with van der Waals surface area (Å²) >= 11 is 0. The predicted molar refractivity (Wildman–Crippen MR) is 45.8 cm³/mol. The van der Waals surface area contributed by atoms with Crippen molar-refractivity contribution in [3.63, 3.8) is 0 Å². The monoisotopic (exact) mass is 182 g/mol. The van der Waals surface area contributed by atoms with E-state index in [0.717, 1.165) is 32.1 Å². The van der Waals surface area contributed by atoms with Crippen LogP contribution >= 0.6 is 0 Å². The average molecular weight is 182 g/mol. The van der Waals surface area contributed by atoms with Crippen molar-refractivity contribution in [1.82, 2.24) is 0 Å². The Morgan fingerprint density at radius 3 is 2.85 bits per heavy atom. The van der Waals surface area contributed by atoms with E-state index in [1.807, 2.05) is 6.92 Å². The average Bonchev–Trinajstić information content (AvgIpc) is 2.41. The van der Waals surface area contributed by atoms with Crippen molar-refractivity contribution in [3.8, 4) is 0 Å². The number of ether oxygens (including phenoxy) is 1. The largest absolute Gasteiger partial charge is 0.392 e. The second-order valence-corrected chi connectivity index (χ2v) is 4.02. The van der Waals surface area contributed by atoms with Crippen LogP contribution in [-0.2, 0) is 14.3 Å². The summed E-state index contributed by atoms with van der Waals surface area (Å²) in [5.41, 5.74) is -0.449. The Balaban J connectivity index is 2.35. The van der Waals surface area contributed by atoms with Gasteiger partial charge in [-0.25, -0.2) is 0 Å². The molecule has 0 aromatic heterocycles. The van der Waals surface area contributed by atoms with Gasteiger partial charge in [-0.1, -0.05) is 19.8 Å². The standard InChI is InChI=1S/C10H14O3/c1-2-10-6-4-3-5-7(10)8(11)13-9(10)12/h7H,2-6H2,1H3. The summed E-state index contributed by atoms with van der Waals surface area (Å²) in [7, 11) is 0. The first-order valence-corrected chi connectivity index (χ1v) is 4.97.